The van der Waals surface area contributed by atoms with Crippen molar-refractivity contribution < 1.29 is 4.79 Å². The van der Waals surface area contributed by atoms with Gasteiger partial charge in [0.2, 0.25) is 5.91 Å². The van der Waals surface area contributed by atoms with E-state index in [2.05, 4.69) is 16.3 Å². The minimum atomic E-state index is 0.0816. The SMILES string of the molecule is Cc1ccc(N2CCNC(=O)CC2)c(C#N)c1. The van der Waals surface area contributed by atoms with Crippen LogP contribution in [0.25, 0.3) is 0 Å². The van der Waals surface area contributed by atoms with E-state index >= 15 is 0 Å². The van der Waals surface area contributed by atoms with Gasteiger partial charge in [-0.1, -0.05) is 6.07 Å². The predicted octanol–water partition coefficient (Wildman–Crippen LogP) is 1.19. The van der Waals surface area contributed by atoms with Crippen molar-refractivity contribution in [2.45, 2.75) is 13.3 Å². The van der Waals surface area contributed by atoms with Gasteiger partial charge in [-0.3, -0.25) is 4.79 Å². The molecule has 1 heterocycles. The van der Waals surface area contributed by atoms with Crippen molar-refractivity contribution in [3.05, 3.63) is 29.3 Å². The van der Waals surface area contributed by atoms with Crippen LogP contribution in [0.2, 0.25) is 0 Å². The van der Waals surface area contributed by atoms with Gasteiger partial charge in [0, 0.05) is 26.1 Å². The van der Waals surface area contributed by atoms with E-state index in [4.69, 9.17) is 5.26 Å². The first-order valence-corrected chi connectivity index (χ1v) is 5.73. The Labute approximate surface area is 101 Å². The Bertz CT molecular complexity index is 476. The van der Waals surface area contributed by atoms with Gasteiger partial charge in [0.1, 0.15) is 6.07 Å². The Balaban J connectivity index is 2.27. The molecule has 1 aliphatic rings. The highest BCUT2D eigenvalue weighted by atomic mass is 16.1. The minimum Gasteiger partial charge on any atom is -0.368 e. The van der Waals surface area contributed by atoms with Gasteiger partial charge in [-0.25, -0.2) is 0 Å². The number of carbonyl (C=O) groups is 1. The fourth-order valence-corrected chi connectivity index (χ4v) is 2.02. The first kappa shape index (κ1) is 11.5. The van der Waals surface area contributed by atoms with Crippen LogP contribution in [-0.4, -0.2) is 25.5 Å². The lowest BCUT2D eigenvalue weighted by molar-refractivity contribution is -0.120. The minimum absolute atomic E-state index is 0.0816. The number of rotatable bonds is 1. The summed E-state index contributed by atoms with van der Waals surface area (Å²) in [7, 11) is 0. The largest absolute Gasteiger partial charge is 0.368 e. The lowest BCUT2D eigenvalue weighted by Crippen LogP contribution is -2.28. The molecule has 0 saturated carbocycles. The molecule has 0 unspecified atom stereocenters. The van der Waals surface area contributed by atoms with E-state index in [0.717, 1.165) is 17.8 Å². The summed E-state index contributed by atoms with van der Waals surface area (Å²) in [6.45, 7) is 4.03. The molecule has 1 aromatic rings. The van der Waals surface area contributed by atoms with E-state index in [9.17, 15) is 4.79 Å². The van der Waals surface area contributed by atoms with Crippen LogP contribution in [0.5, 0.6) is 0 Å². The topological polar surface area (TPSA) is 56.1 Å². The van der Waals surface area contributed by atoms with Gasteiger partial charge in [-0.05, 0) is 24.6 Å². The molecule has 0 bridgehead atoms. The summed E-state index contributed by atoms with van der Waals surface area (Å²) in [5.41, 5.74) is 2.68. The van der Waals surface area contributed by atoms with Gasteiger partial charge in [0.25, 0.3) is 0 Å². The van der Waals surface area contributed by atoms with E-state index in [-0.39, 0.29) is 5.91 Å². The smallest absolute Gasteiger partial charge is 0.221 e. The van der Waals surface area contributed by atoms with Crippen molar-refractivity contribution in [3.63, 3.8) is 0 Å². The predicted molar refractivity (Wildman–Crippen MR) is 65.7 cm³/mol. The molecule has 1 aromatic carbocycles. The highest BCUT2D eigenvalue weighted by Gasteiger charge is 2.16. The third-order valence-electron chi connectivity index (χ3n) is 2.93. The zero-order chi connectivity index (χ0) is 12.3. The van der Waals surface area contributed by atoms with Crippen LogP contribution in [0.4, 0.5) is 5.69 Å². The normalized spacial score (nSPS) is 16.0. The van der Waals surface area contributed by atoms with Crippen molar-refractivity contribution >= 4 is 11.6 Å². The molecule has 1 N–H and O–H groups in total. The lowest BCUT2D eigenvalue weighted by atomic mass is 10.1. The first-order valence-electron chi connectivity index (χ1n) is 5.73. The van der Waals surface area contributed by atoms with Crippen LogP contribution >= 0.6 is 0 Å². The molecular weight excluding hydrogens is 214 g/mol. The van der Waals surface area contributed by atoms with E-state index in [1.54, 1.807) is 0 Å². The summed E-state index contributed by atoms with van der Waals surface area (Å²) in [6.07, 6.45) is 0.485. The average Bonchev–Trinajstić information content (AvgIpc) is 2.54. The summed E-state index contributed by atoms with van der Waals surface area (Å²) in [4.78, 5) is 13.4. The lowest BCUT2D eigenvalue weighted by Gasteiger charge is -2.23. The molecule has 0 aromatic heterocycles. The van der Waals surface area contributed by atoms with Crippen molar-refractivity contribution in [2.24, 2.45) is 0 Å². The van der Waals surface area contributed by atoms with Crippen molar-refractivity contribution in [3.8, 4) is 6.07 Å². The molecule has 0 atom stereocenters. The van der Waals surface area contributed by atoms with Crippen molar-refractivity contribution in [2.75, 3.05) is 24.5 Å². The number of hydrogen-bond acceptors (Lipinski definition) is 3. The van der Waals surface area contributed by atoms with Crippen LogP contribution in [0.1, 0.15) is 17.5 Å². The molecule has 1 fully saturated rings. The number of aryl methyl sites for hydroxylation is 1. The van der Waals surface area contributed by atoms with E-state index < -0.39 is 0 Å². The van der Waals surface area contributed by atoms with Gasteiger partial charge >= 0.3 is 0 Å². The van der Waals surface area contributed by atoms with Crippen LogP contribution < -0.4 is 10.2 Å². The maximum atomic E-state index is 11.3. The zero-order valence-corrected chi connectivity index (χ0v) is 9.86. The third kappa shape index (κ3) is 2.56. The second-order valence-corrected chi connectivity index (χ2v) is 4.22. The summed E-state index contributed by atoms with van der Waals surface area (Å²) >= 11 is 0. The fraction of sp³-hybridized carbons (Fsp3) is 0.385. The molecule has 0 spiro atoms. The van der Waals surface area contributed by atoms with E-state index in [0.29, 0.717) is 25.1 Å². The Morgan fingerprint density at radius 2 is 2.24 bits per heavy atom. The maximum absolute atomic E-state index is 11.3. The average molecular weight is 229 g/mol. The number of nitrogens with one attached hydrogen (secondary N) is 1. The van der Waals surface area contributed by atoms with Gasteiger partial charge in [0.15, 0.2) is 0 Å². The summed E-state index contributed by atoms with van der Waals surface area (Å²) in [6, 6.07) is 8.06. The molecule has 17 heavy (non-hydrogen) atoms. The van der Waals surface area contributed by atoms with Crippen LogP contribution in [0, 0.1) is 18.3 Å². The van der Waals surface area contributed by atoms with E-state index in [1.165, 1.54) is 0 Å². The summed E-state index contributed by atoms with van der Waals surface area (Å²) in [5, 5.41) is 12.0. The first-order chi connectivity index (χ1) is 8.20. The highest BCUT2D eigenvalue weighted by molar-refractivity contribution is 5.77. The number of anilines is 1. The van der Waals surface area contributed by atoms with Crippen LogP contribution in [-0.2, 0) is 4.79 Å². The molecular formula is C13H15N3O. The third-order valence-corrected chi connectivity index (χ3v) is 2.93. The van der Waals surface area contributed by atoms with Gasteiger partial charge in [-0.2, -0.15) is 5.26 Å². The fourth-order valence-electron chi connectivity index (χ4n) is 2.02. The monoisotopic (exact) mass is 229 g/mol. The number of benzene rings is 1. The molecule has 0 aliphatic carbocycles. The van der Waals surface area contributed by atoms with Crippen molar-refractivity contribution in [1.82, 2.24) is 5.32 Å². The summed E-state index contributed by atoms with van der Waals surface area (Å²) in [5.74, 6) is 0.0816. The second kappa shape index (κ2) is 4.88. The molecule has 4 nitrogen and oxygen atoms in total. The molecule has 2 rings (SSSR count). The van der Waals surface area contributed by atoms with Crippen LogP contribution in [0.15, 0.2) is 18.2 Å². The van der Waals surface area contributed by atoms with Crippen molar-refractivity contribution in [1.29, 1.82) is 5.26 Å². The van der Waals surface area contributed by atoms with E-state index in [1.807, 2.05) is 25.1 Å². The number of nitrogens with zero attached hydrogens (tertiary/aromatic N) is 2. The molecule has 1 aliphatic heterocycles. The quantitative estimate of drug-likeness (QED) is 0.787. The number of carbonyl (C=O) groups excluding carboxylic acids is 1. The van der Waals surface area contributed by atoms with Gasteiger partial charge in [0.05, 0.1) is 11.3 Å². The van der Waals surface area contributed by atoms with Crippen LogP contribution in [0.3, 0.4) is 0 Å². The highest BCUT2D eigenvalue weighted by Crippen LogP contribution is 2.21. The Hall–Kier alpha value is -2.02. The standard InChI is InChI=1S/C13H15N3O/c1-10-2-3-12(11(8-10)9-14)16-6-4-13(17)15-5-7-16/h2-3,8H,4-7H2,1H3,(H,15,17). The number of hydrogen-bond donors (Lipinski definition) is 1. The summed E-state index contributed by atoms with van der Waals surface area (Å²) < 4.78 is 0. The van der Waals surface area contributed by atoms with Gasteiger partial charge < -0.3 is 10.2 Å². The zero-order valence-electron chi connectivity index (χ0n) is 9.86. The molecule has 1 amide bonds. The number of nitriles is 1. The molecule has 88 valence electrons. The van der Waals surface area contributed by atoms with Gasteiger partial charge in [-0.15, -0.1) is 0 Å². The number of amides is 1. The Kier molecular flexibility index (Phi) is 3.29. The molecule has 4 heteroatoms. The maximum Gasteiger partial charge on any atom is 0.221 e. The molecule has 1 saturated heterocycles. The Morgan fingerprint density at radius 3 is 3.00 bits per heavy atom. The second-order valence-electron chi connectivity index (χ2n) is 4.22. The molecule has 0 radical (unpaired) electrons. The Morgan fingerprint density at radius 1 is 1.41 bits per heavy atom.